The molecule has 1 heterocycles. The summed E-state index contributed by atoms with van der Waals surface area (Å²) in [5, 5.41) is 3.06. The van der Waals surface area contributed by atoms with Gasteiger partial charge in [0.2, 0.25) is 5.91 Å². The van der Waals surface area contributed by atoms with Crippen LogP contribution in [0, 0.1) is 0 Å². The van der Waals surface area contributed by atoms with Gasteiger partial charge in [0.25, 0.3) is 0 Å². The van der Waals surface area contributed by atoms with Crippen LogP contribution in [0.3, 0.4) is 0 Å². The number of benzene rings is 2. The predicted molar refractivity (Wildman–Crippen MR) is 117 cm³/mol. The lowest BCUT2D eigenvalue weighted by Gasteiger charge is -2.21. The molecule has 29 heavy (non-hydrogen) atoms. The van der Waals surface area contributed by atoms with E-state index in [1.54, 1.807) is 6.92 Å². The first-order chi connectivity index (χ1) is 14.1. The third-order valence-corrected chi connectivity index (χ3v) is 5.14. The molecule has 0 spiro atoms. The fraction of sp³-hybridized carbons (Fsp3) is 0.375. The maximum absolute atomic E-state index is 13.1. The van der Waals surface area contributed by atoms with Gasteiger partial charge in [0.1, 0.15) is 11.9 Å². The number of imidazole rings is 1. The van der Waals surface area contributed by atoms with Crippen LogP contribution in [0.4, 0.5) is 0 Å². The minimum atomic E-state index is -0.323. The minimum absolute atomic E-state index is 0.0322. The molecule has 1 N–H and O–H groups in total. The number of nitrogens with one attached hydrogen (secondary N) is 1. The van der Waals surface area contributed by atoms with Crippen molar-refractivity contribution < 1.29 is 9.59 Å². The van der Waals surface area contributed by atoms with Crippen molar-refractivity contribution in [2.45, 2.75) is 52.5 Å². The Labute approximate surface area is 172 Å². The third-order valence-electron chi connectivity index (χ3n) is 5.14. The quantitative estimate of drug-likeness (QED) is 0.512. The van der Waals surface area contributed by atoms with Gasteiger partial charge in [-0.25, -0.2) is 4.98 Å². The standard InChI is InChI=1S/C24H29N3O2/c1-4-6-10-22(24(29)25-16-5-2)27-21-11-8-7-9-20(21)26-23(27)19-14-12-18(13-15-19)17(3)28/h7-9,11-15,22H,4-6,10,16H2,1-3H3,(H,25,29). The zero-order chi connectivity index (χ0) is 20.8. The van der Waals surface area contributed by atoms with Gasteiger partial charge in [-0.1, -0.05) is 63.1 Å². The van der Waals surface area contributed by atoms with Crippen LogP contribution in [0.25, 0.3) is 22.4 Å². The molecule has 1 unspecified atom stereocenters. The monoisotopic (exact) mass is 391 g/mol. The second-order valence-electron chi connectivity index (χ2n) is 7.38. The van der Waals surface area contributed by atoms with E-state index < -0.39 is 0 Å². The van der Waals surface area contributed by atoms with Crippen LogP contribution in [0.15, 0.2) is 48.5 Å². The van der Waals surface area contributed by atoms with Crippen LogP contribution in [-0.2, 0) is 4.79 Å². The summed E-state index contributed by atoms with van der Waals surface area (Å²) in [5.74, 6) is 0.823. The molecule has 2 aromatic carbocycles. The average molecular weight is 392 g/mol. The molecule has 5 nitrogen and oxygen atoms in total. The molecule has 1 aromatic heterocycles. The Bertz CT molecular complexity index is 989. The number of carbonyl (C=O) groups excluding carboxylic acids is 2. The number of hydrogen-bond donors (Lipinski definition) is 1. The summed E-state index contributed by atoms with van der Waals surface area (Å²) in [7, 11) is 0. The molecule has 0 saturated heterocycles. The van der Waals surface area contributed by atoms with Crippen molar-refractivity contribution >= 4 is 22.7 Å². The Morgan fingerprint density at radius 3 is 2.41 bits per heavy atom. The Hall–Kier alpha value is -2.95. The maximum Gasteiger partial charge on any atom is 0.243 e. The van der Waals surface area contributed by atoms with E-state index in [1.807, 2.05) is 48.5 Å². The van der Waals surface area contributed by atoms with Crippen LogP contribution >= 0.6 is 0 Å². The second-order valence-corrected chi connectivity index (χ2v) is 7.38. The van der Waals surface area contributed by atoms with Crippen molar-refractivity contribution in [3.63, 3.8) is 0 Å². The number of Topliss-reactive ketones (excluding diaryl/α,β-unsaturated/α-hetero) is 1. The molecule has 3 aromatic rings. The van der Waals surface area contributed by atoms with Crippen molar-refractivity contribution in [3.8, 4) is 11.4 Å². The number of amides is 1. The molecule has 0 aliphatic rings. The second kappa shape index (κ2) is 9.50. The Kier molecular flexibility index (Phi) is 6.81. The first-order valence-electron chi connectivity index (χ1n) is 10.4. The smallest absolute Gasteiger partial charge is 0.243 e. The number of ketones is 1. The predicted octanol–water partition coefficient (Wildman–Crippen LogP) is 5.16. The first kappa shape index (κ1) is 20.8. The molecular formula is C24H29N3O2. The van der Waals surface area contributed by atoms with Crippen LogP contribution in [0.1, 0.15) is 62.9 Å². The number of hydrogen-bond acceptors (Lipinski definition) is 3. The SMILES string of the molecule is CCCCC(C(=O)NCCC)n1c(-c2ccc(C(C)=O)cc2)nc2ccccc21. The highest BCUT2D eigenvalue weighted by molar-refractivity contribution is 5.94. The van der Waals surface area contributed by atoms with Crippen LogP contribution in [0.2, 0.25) is 0 Å². The largest absolute Gasteiger partial charge is 0.354 e. The number of unbranched alkanes of at least 4 members (excludes halogenated alkanes) is 1. The van der Waals surface area contributed by atoms with E-state index in [0.29, 0.717) is 12.1 Å². The molecule has 0 aliphatic heterocycles. The number of nitrogens with zero attached hydrogens (tertiary/aromatic N) is 2. The number of rotatable bonds is 9. The Morgan fingerprint density at radius 2 is 1.76 bits per heavy atom. The molecule has 0 radical (unpaired) electrons. The zero-order valence-electron chi connectivity index (χ0n) is 17.4. The van der Waals surface area contributed by atoms with Crippen molar-refractivity contribution in [2.75, 3.05) is 6.54 Å². The topological polar surface area (TPSA) is 64.0 Å². The molecular weight excluding hydrogens is 362 g/mol. The summed E-state index contributed by atoms with van der Waals surface area (Å²) in [6.45, 7) is 6.41. The van der Waals surface area contributed by atoms with E-state index >= 15 is 0 Å². The number of fused-ring (bicyclic) bond motifs is 1. The molecule has 0 saturated carbocycles. The highest BCUT2D eigenvalue weighted by atomic mass is 16.2. The molecule has 1 amide bonds. The van der Waals surface area contributed by atoms with Gasteiger partial charge < -0.3 is 9.88 Å². The van der Waals surface area contributed by atoms with Crippen molar-refractivity contribution in [1.82, 2.24) is 14.9 Å². The van der Waals surface area contributed by atoms with Gasteiger partial charge in [-0.3, -0.25) is 9.59 Å². The molecule has 1 atom stereocenters. The minimum Gasteiger partial charge on any atom is -0.354 e. The van der Waals surface area contributed by atoms with Gasteiger partial charge in [0.15, 0.2) is 5.78 Å². The lowest BCUT2D eigenvalue weighted by atomic mass is 10.1. The maximum atomic E-state index is 13.1. The lowest BCUT2D eigenvalue weighted by Crippen LogP contribution is -2.33. The molecule has 3 rings (SSSR count). The van der Waals surface area contributed by atoms with Gasteiger partial charge in [0.05, 0.1) is 11.0 Å². The van der Waals surface area contributed by atoms with Gasteiger partial charge in [-0.2, -0.15) is 0 Å². The van der Waals surface area contributed by atoms with Crippen molar-refractivity contribution in [1.29, 1.82) is 0 Å². The number of aromatic nitrogens is 2. The molecule has 0 bridgehead atoms. The molecule has 0 aliphatic carbocycles. The van der Waals surface area contributed by atoms with E-state index in [9.17, 15) is 9.59 Å². The van der Waals surface area contributed by atoms with Gasteiger partial charge in [-0.15, -0.1) is 0 Å². The summed E-state index contributed by atoms with van der Waals surface area (Å²) < 4.78 is 2.07. The van der Waals surface area contributed by atoms with Crippen LogP contribution in [0.5, 0.6) is 0 Å². The van der Waals surface area contributed by atoms with E-state index in [2.05, 4.69) is 23.7 Å². The van der Waals surface area contributed by atoms with E-state index in [0.717, 1.165) is 48.1 Å². The summed E-state index contributed by atoms with van der Waals surface area (Å²) in [4.78, 5) is 29.6. The molecule has 152 valence electrons. The summed E-state index contributed by atoms with van der Waals surface area (Å²) >= 11 is 0. The molecule has 0 fully saturated rings. The van der Waals surface area contributed by atoms with Gasteiger partial charge in [-0.05, 0) is 31.9 Å². The van der Waals surface area contributed by atoms with Crippen LogP contribution in [-0.4, -0.2) is 27.8 Å². The lowest BCUT2D eigenvalue weighted by molar-refractivity contribution is -0.124. The fourth-order valence-corrected chi connectivity index (χ4v) is 3.56. The molecule has 5 heteroatoms. The highest BCUT2D eigenvalue weighted by Gasteiger charge is 2.25. The Balaban J connectivity index is 2.13. The van der Waals surface area contributed by atoms with E-state index in [4.69, 9.17) is 4.98 Å². The summed E-state index contributed by atoms with van der Waals surface area (Å²) in [6, 6.07) is 15.1. The average Bonchev–Trinajstić information content (AvgIpc) is 3.12. The van der Waals surface area contributed by atoms with Gasteiger partial charge in [0, 0.05) is 17.7 Å². The fourth-order valence-electron chi connectivity index (χ4n) is 3.56. The number of carbonyl (C=O) groups is 2. The van der Waals surface area contributed by atoms with Crippen LogP contribution < -0.4 is 5.32 Å². The normalized spacial score (nSPS) is 12.1. The van der Waals surface area contributed by atoms with Gasteiger partial charge >= 0.3 is 0 Å². The van der Waals surface area contributed by atoms with E-state index in [1.165, 1.54) is 0 Å². The Morgan fingerprint density at radius 1 is 1.03 bits per heavy atom. The highest BCUT2D eigenvalue weighted by Crippen LogP contribution is 2.31. The summed E-state index contributed by atoms with van der Waals surface area (Å²) in [6.07, 6.45) is 3.63. The summed E-state index contributed by atoms with van der Waals surface area (Å²) in [5.41, 5.74) is 3.38. The van der Waals surface area contributed by atoms with Crippen molar-refractivity contribution in [3.05, 3.63) is 54.1 Å². The van der Waals surface area contributed by atoms with Crippen molar-refractivity contribution in [2.24, 2.45) is 0 Å². The number of para-hydroxylation sites is 2. The zero-order valence-corrected chi connectivity index (χ0v) is 17.4. The third kappa shape index (κ3) is 4.56. The first-order valence-corrected chi connectivity index (χ1v) is 10.4. The van der Waals surface area contributed by atoms with E-state index in [-0.39, 0.29) is 17.7 Å².